The van der Waals surface area contributed by atoms with Gasteiger partial charge in [0.05, 0.1) is 12.5 Å². The van der Waals surface area contributed by atoms with E-state index < -0.39 is 18.1 Å². The number of nitrogens with zero attached hydrogens (tertiary/aromatic N) is 1. The fourth-order valence-corrected chi connectivity index (χ4v) is 4.18. The van der Waals surface area contributed by atoms with Crippen molar-refractivity contribution in [2.24, 2.45) is 11.7 Å². The average Bonchev–Trinajstić information content (AvgIpc) is 3.49. The Bertz CT molecular complexity index is 915. The number of hydrogen-bond donors (Lipinski definition) is 1. The number of hydrogen-bond acceptors (Lipinski definition) is 3. The number of carbonyl (C=O) groups is 2. The van der Waals surface area contributed by atoms with Crippen LogP contribution in [0.4, 0.5) is 0 Å². The van der Waals surface area contributed by atoms with E-state index in [4.69, 9.17) is 33.7 Å². The van der Waals surface area contributed by atoms with Gasteiger partial charge in [0, 0.05) is 16.6 Å². The molecular weight excluding hydrogens is 411 g/mol. The van der Waals surface area contributed by atoms with Crippen molar-refractivity contribution >= 4 is 35.0 Å². The molecule has 29 heavy (non-hydrogen) atoms. The van der Waals surface area contributed by atoms with Gasteiger partial charge in [-0.2, -0.15) is 0 Å². The lowest BCUT2D eigenvalue weighted by Crippen LogP contribution is -2.52. The molecule has 0 spiro atoms. The molecule has 2 aromatic carbocycles. The van der Waals surface area contributed by atoms with Gasteiger partial charge in [-0.1, -0.05) is 47.5 Å². The van der Waals surface area contributed by atoms with Crippen LogP contribution in [0.5, 0.6) is 0 Å². The largest absolute Gasteiger partial charge is 0.370 e. The van der Waals surface area contributed by atoms with Crippen molar-refractivity contribution in [3.05, 3.63) is 69.7 Å². The molecule has 152 valence electrons. The Morgan fingerprint density at radius 2 is 1.79 bits per heavy atom. The predicted octanol–water partition coefficient (Wildman–Crippen LogP) is 4.29. The van der Waals surface area contributed by atoms with E-state index in [-0.39, 0.29) is 18.4 Å². The normalized spacial score (nSPS) is 24.6. The van der Waals surface area contributed by atoms with Crippen LogP contribution < -0.4 is 5.73 Å². The minimum atomic E-state index is -0.904. The molecule has 1 saturated heterocycles. The van der Waals surface area contributed by atoms with Crippen molar-refractivity contribution in [3.8, 4) is 0 Å². The van der Waals surface area contributed by atoms with E-state index in [1.54, 1.807) is 18.2 Å². The second kappa shape index (κ2) is 8.34. The first-order valence-corrected chi connectivity index (χ1v) is 10.4. The topological polar surface area (TPSA) is 72.6 Å². The lowest BCUT2D eigenvalue weighted by molar-refractivity contribution is -0.176. The number of rotatable bonds is 6. The van der Waals surface area contributed by atoms with Gasteiger partial charge in [-0.3, -0.25) is 9.59 Å². The predicted molar refractivity (Wildman–Crippen MR) is 112 cm³/mol. The van der Waals surface area contributed by atoms with E-state index in [1.807, 2.05) is 35.2 Å². The van der Waals surface area contributed by atoms with E-state index >= 15 is 0 Å². The molecule has 3 atom stereocenters. The molecule has 1 aliphatic heterocycles. The Kier molecular flexibility index (Phi) is 5.81. The van der Waals surface area contributed by atoms with Crippen molar-refractivity contribution in [3.63, 3.8) is 0 Å². The monoisotopic (exact) mass is 432 g/mol. The Morgan fingerprint density at radius 1 is 1.07 bits per heavy atom. The van der Waals surface area contributed by atoms with Crippen LogP contribution in [0.3, 0.4) is 0 Å². The molecule has 2 aliphatic rings. The van der Waals surface area contributed by atoms with Crippen LogP contribution in [-0.2, 0) is 14.3 Å². The summed E-state index contributed by atoms with van der Waals surface area (Å²) in [5.41, 5.74) is 7.16. The van der Waals surface area contributed by atoms with Crippen LogP contribution in [0.25, 0.3) is 0 Å². The van der Waals surface area contributed by atoms with Gasteiger partial charge in [0.15, 0.2) is 0 Å². The van der Waals surface area contributed by atoms with Gasteiger partial charge in [-0.05, 0) is 54.2 Å². The first-order chi connectivity index (χ1) is 13.9. The summed E-state index contributed by atoms with van der Waals surface area (Å²) in [6, 6.07) is 14.5. The summed E-state index contributed by atoms with van der Waals surface area (Å²) < 4.78 is 6.20. The average molecular weight is 433 g/mol. The zero-order valence-corrected chi connectivity index (χ0v) is 17.3. The zero-order chi connectivity index (χ0) is 20.5. The minimum Gasteiger partial charge on any atom is -0.370 e. The molecule has 4 rings (SSSR count). The summed E-state index contributed by atoms with van der Waals surface area (Å²) in [6.45, 7) is 0.627. The standard InChI is InChI=1S/C22H22Cl2N2O3/c23-16-8-6-14(7-9-16)20-21(15-2-1-3-17(24)10-15)29-18(11-19(25)27)22(28)26(20)12-13-4-5-13/h1-3,6-10,13,18,20-21H,4-5,11-12H2,(H2,25,27). The highest BCUT2D eigenvalue weighted by Gasteiger charge is 2.46. The summed E-state index contributed by atoms with van der Waals surface area (Å²) in [6.07, 6.45) is 0.666. The maximum absolute atomic E-state index is 13.3. The quantitative estimate of drug-likeness (QED) is 0.739. The maximum Gasteiger partial charge on any atom is 0.252 e. The number of primary amides is 1. The van der Waals surface area contributed by atoms with Crippen molar-refractivity contribution in [2.75, 3.05) is 6.54 Å². The Balaban J connectivity index is 1.78. The highest BCUT2D eigenvalue weighted by Crippen LogP contribution is 2.45. The van der Waals surface area contributed by atoms with Gasteiger partial charge in [-0.15, -0.1) is 0 Å². The third kappa shape index (κ3) is 4.58. The van der Waals surface area contributed by atoms with Crippen molar-refractivity contribution in [1.29, 1.82) is 0 Å². The van der Waals surface area contributed by atoms with Crippen LogP contribution in [0.2, 0.25) is 10.0 Å². The lowest BCUT2D eigenvalue weighted by atomic mass is 9.91. The van der Waals surface area contributed by atoms with Crippen molar-refractivity contribution < 1.29 is 14.3 Å². The fraction of sp³-hybridized carbons (Fsp3) is 0.364. The van der Waals surface area contributed by atoms with Crippen LogP contribution >= 0.6 is 23.2 Å². The number of benzene rings is 2. The number of morpholine rings is 1. The van der Waals surface area contributed by atoms with Gasteiger partial charge in [0.2, 0.25) is 5.91 Å². The maximum atomic E-state index is 13.3. The first-order valence-electron chi connectivity index (χ1n) is 9.67. The number of carbonyl (C=O) groups excluding carboxylic acids is 2. The van der Waals surface area contributed by atoms with E-state index in [9.17, 15) is 9.59 Å². The minimum absolute atomic E-state index is 0.148. The number of halogens is 2. The van der Waals surface area contributed by atoms with Gasteiger partial charge >= 0.3 is 0 Å². The molecule has 1 saturated carbocycles. The molecule has 7 heteroatoms. The smallest absolute Gasteiger partial charge is 0.252 e. The van der Waals surface area contributed by atoms with E-state index in [1.165, 1.54) is 0 Å². The van der Waals surface area contributed by atoms with Gasteiger partial charge in [-0.25, -0.2) is 0 Å². The second-order valence-corrected chi connectivity index (χ2v) is 8.57. The SMILES string of the molecule is NC(=O)CC1OC(c2cccc(Cl)c2)C(c2ccc(Cl)cc2)N(CC2CC2)C1=O. The molecule has 3 unspecified atom stereocenters. The molecule has 5 nitrogen and oxygen atoms in total. The fourth-order valence-electron chi connectivity index (χ4n) is 3.85. The van der Waals surface area contributed by atoms with Crippen molar-refractivity contribution in [2.45, 2.75) is 37.5 Å². The molecule has 0 bridgehead atoms. The van der Waals surface area contributed by atoms with Gasteiger partial charge in [0.1, 0.15) is 12.2 Å². The zero-order valence-electron chi connectivity index (χ0n) is 15.8. The highest BCUT2D eigenvalue weighted by molar-refractivity contribution is 6.30. The summed E-state index contributed by atoms with van der Waals surface area (Å²) >= 11 is 12.3. The van der Waals surface area contributed by atoms with E-state index in [0.717, 1.165) is 24.0 Å². The number of nitrogens with two attached hydrogens (primary N) is 1. The summed E-state index contributed by atoms with van der Waals surface area (Å²) in [5.74, 6) is -0.292. The van der Waals surface area contributed by atoms with Crippen LogP contribution in [0, 0.1) is 5.92 Å². The van der Waals surface area contributed by atoms with Gasteiger partial charge in [0.25, 0.3) is 5.91 Å². The molecular formula is C22H22Cl2N2O3. The molecule has 2 amide bonds. The summed E-state index contributed by atoms with van der Waals surface area (Å²) in [7, 11) is 0. The van der Waals surface area contributed by atoms with Crippen LogP contribution in [0.15, 0.2) is 48.5 Å². The Labute approximate surface area is 179 Å². The number of amides is 2. The van der Waals surface area contributed by atoms with Crippen LogP contribution in [-0.4, -0.2) is 29.4 Å². The molecule has 0 radical (unpaired) electrons. The lowest BCUT2D eigenvalue weighted by Gasteiger charge is -2.45. The van der Waals surface area contributed by atoms with Crippen LogP contribution in [0.1, 0.15) is 42.5 Å². The second-order valence-electron chi connectivity index (χ2n) is 7.70. The Morgan fingerprint density at radius 3 is 2.41 bits per heavy atom. The molecule has 2 fully saturated rings. The summed E-state index contributed by atoms with van der Waals surface area (Å²) in [4.78, 5) is 26.7. The number of ether oxygens (including phenoxy) is 1. The molecule has 1 aliphatic carbocycles. The molecule has 1 heterocycles. The third-order valence-corrected chi connectivity index (χ3v) is 5.91. The van der Waals surface area contributed by atoms with Crippen molar-refractivity contribution in [1.82, 2.24) is 4.90 Å². The molecule has 2 aromatic rings. The summed E-state index contributed by atoms with van der Waals surface area (Å²) in [5, 5.41) is 1.20. The molecule has 2 N–H and O–H groups in total. The third-order valence-electron chi connectivity index (χ3n) is 5.42. The first kappa shape index (κ1) is 20.2. The van der Waals surface area contributed by atoms with E-state index in [0.29, 0.717) is 22.5 Å². The molecule has 0 aromatic heterocycles. The van der Waals surface area contributed by atoms with Gasteiger partial charge < -0.3 is 15.4 Å². The Hall–Kier alpha value is -2.08. The van der Waals surface area contributed by atoms with E-state index in [2.05, 4.69) is 0 Å². The highest BCUT2D eigenvalue weighted by atomic mass is 35.5.